The molecule has 1 aromatic rings. The SMILES string of the molecule is Cl.NCC1(NC(=O)CCC(=O)c2ccc3c(c2)CCC3)CCCC1. The Labute approximate surface area is 150 Å². The van der Waals surface area contributed by atoms with Crippen molar-refractivity contribution in [3.63, 3.8) is 0 Å². The minimum Gasteiger partial charge on any atom is -0.349 e. The van der Waals surface area contributed by atoms with Gasteiger partial charge in [0.2, 0.25) is 5.91 Å². The highest BCUT2D eigenvalue weighted by Gasteiger charge is 2.33. The number of amides is 1. The molecule has 1 amide bonds. The Morgan fingerprint density at radius 3 is 2.46 bits per heavy atom. The first-order valence-electron chi connectivity index (χ1n) is 8.78. The van der Waals surface area contributed by atoms with Crippen LogP contribution in [-0.2, 0) is 17.6 Å². The number of nitrogens with two attached hydrogens (primary N) is 1. The lowest BCUT2D eigenvalue weighted by Crippen LogP contribution is -2.51. The molecule has 0 aliphatic heterocycles. The summed E-state index contributed by atoms with van der Waals surface area (Å²) in [6.07, 6.45) is 8.02. The molecule has 1 saturated carbocycles. The summed E-state index contributed by atoms with van der Waals surface area (Å²) < 4.78 is 0. The average Bonchev–Trinajstić information content (AvgIpc) is 3.21. The van der Waals surface area contributed by atoms with Gasteiger partial charge in [0.1, 0.15) is 0 Å². The average molecular weight is 351 g/mol. The molecule has 0 bridgehead atoms. The van der Waals surface area contributed by atoms with Crippen LogP contribution in [0.25, 0.3) is 0 Å². The molecule has 0 spiro atoms. The quantitative estimate of drug-likeness (QED) is 0.775. The summed E-state index contributed by atoms with van der Waals surface area (Å²) in [6.45, 7) is 0.484. The first-order valence-corrected chi connectivity index (χ1v) is 8.78. The number of fused-ring (bicyclic) bond motifs is 1. The summed E-state index contributed by atoms with van der Waals surface area (Å²) in [4.78, 5) is 24.5. The van der Waals surface area contributed by atoms with Crippen molar-refractivity contribution in [3.05, 3.63) is 34.9 Å². The predicted molar refractivity (Wildman–Crippen MR) is 97.7 cm³/mol. The van der Waals surface area contributed by atoms with Crippen LogP contribution in [0.1, 0.15) is 66.4 Å². The van der Waals surface area contributed by atoms with E-state index in [2.05, 4.69) is 11.4 Å². The number of hydrogen-bond donors (Lipinski definition) is 2. The Bertz CT molecular complexity index is 609. The van der Waals surface area contributed by atoms with E-state index in [4.69, 9.17) is 5.73 Å². The molecular formula is C19H27ClN2O2. The molecule has 0 atom stereocenters. The van der Waals surface area contributed by atoms with Crippen LogP contribution in [0, 0.1) is 0 Å². The van der Waals surface area contributed by atoms with Gasteiger partial charge in [-0.25, -0.2) is 0 Å². The molecule has 2 aliphatic rings. The molecule has 0 heterocycles. The van der Waals surface area contributed by atoms with Gasteiger partial charge in [0, 0.05) is 24.9 Å². The Morgan fingerprint density at radius 1 is 1.04 bits per heavy atom. The van der Waals surface area contributed by atoms with Crippen LogP contribution in [0.2, 0.25) is 0 Å². The molecule has 0 aromatic heterocycles. The Balaban J connectivity index is 0.00000208. The van der Waals surface area contributed by atoms with Crippen LogP contribution in [0.4, 0.5) is 0 Å². The zero-order chi connectivity index (χ0) is 16.3. The van der Waals surface area contributed by atoms with Gasteiger partial charge in [0.05, 0.1) is 5.54 Å². The smallest absolute Gasteiger partial charge is 0.220 e. The molecule has 2 aliphatic carbocycles. The minimum absolute atomic E-state index is 0. The fourth-order valence-electron chi connectivity index (χ4n) is 3.91. The molecule has 0 radical (unpaired) electrons. The number of carbonyl (C=O) groups is 2. The van der Waals surface area contributed by atoms with Crippen molar-refractivity contribution >= 4 is 24.1 Å². The maximum Gasteiger partial charge on any atom is 0.220 e. The fourth-order valence-corrected chi connectivity index (χ4v) is 3.91. The molecule has 1 fully saturated rings. The molecule has 0 saturated heterocycles. The minimum atomic E-state index is -0.228. The van der Waals surface area contributed by atoms with Crippen LogP contribution >= 0.6 is 12.4 Å². The summed E-state index contributed by atoms with van der Waals surface area (Å²) in [5.41, 5.74) is 9.01. The van der Waals surface area contributed by atoms with Gasteiger partial charge in [0.15, 0.2) is 5.78 Å². The summed E-state index contributed by atoms with van der Waals surface area (Å²) in [5, 5.41) is 3.07. The van der Waals surface area contributed by atoms with Gasteiger partial charge in [-0.2, -0.15) is 0 Å². The van der Waals surface area contributed by atoms with Gasteiger partial charge < -0.3 is 11.1 Å². The van der Waals surface area contributed by atoms with Gasteiger partial charge >= 0.3 is 0 Å². The van der Waals surface area contributed by atoms with Crippen molar-refractivity contribution in [1.82, 2.24) is 5.32 Å². The van der Waals surface area contributed by atoms with Gasteiger partial charge in [-0.1, -0.05) is 25.0 Å². The second-order valence-corrected chi connectivity index (χ2v) is 7.00. The van der Waals surface area contributed by atoms with Crippen molar-refractivity contribution < 1.29 is 9.59 Å². The third-order valence-corrected chi connectivity index (χ3v) is 5.36. The van der Waals surface area contributed by atoms with E-state index in [0.717, 1.165) is 44.1 Å². The number of halogens is 1. The maximum absolute atomic E-state index is 12.3. The lowest BCUT2D eigenvalue weighted by Gasteiger charge is -2.28. The number of aryl methyl sites for hydroxylation is 2. The number of hydrogen-bond acceptors (Lipinski definition) is 3. The third kappa shape index (κ3) is 4.17. The molecule has 5 heteroatoms. The van der Waals surface area contributed by atoms with E-state index in [1.165, 1.54) is 17.5 Å². The summed E-state index contributed by atoms with van der Waals surface area (Å²) >= 11 is 0. The molecule has 3 rings (SSSR count). The van der Waals surface area contributed by atoms with Crippen molar-refractivity contribution in [3.8, 4) is 0 Å². The van der Waals surface area contributed by atoms with Crippen molar-refractivity contribution in [1.29, 1.82) is 0 Å². The Hall–Kier alpha value is -1.39. The summed E-state index contributed by atoms with van der Waals surface area (Å²) in [6, 6.07) is 5.99. The van der Waals surface area contributed by atoms with Crippen LogP contribution in [-0.4, -0.2) is 23.8 Å². The van der Waals surface area contributed by atoms with Crippen LogP contribution in [0.15, 0.2) is 18.2 Å². The molecule has 24 heavy (non-hydrogen) atoms. The fraction of sp³-hybridized carbons (Fsp3) is 0.579. The van der Waals surface area contributed by atoms with Gasteiger partial charge in [-0.05, 0) is 49.3 Å². The topological polar surface area (TPSA) is 72.2 Å². The lowest BCUT2D eigenvalue weighted by atomic mass is 9.97. The first-order chi connectivity index (χ1) is 11.1. The molecule has 3 N–H and O–H groups in total. The highest BCUT2D eigenvalue weighted by atomic mass is 35.5. The van der Waals surface area contributed by atoms with E-state index in [1.54, 1.807) is 0 Å². The molecular weight excluding hydrogens is 324 g/mol. The highest BCUT2D eigenvalue weighted by molar-refractivity contribution is 5.98. The molecule has 4 nitrogen and oxygen atoms in total. The molecule has 1 aromatic carbocycles. The zero-order valence-electron chi connectivity index (χ0n) is 14.1. The molecule has 132 valence electrons. The van der Waals surface area contributed by atoms with Crippen molar-refractivity contribution in [2.45, 2.75) is 63.3 Å². The number of benzene rings is 1. The van der Waals surface area contributed by atoms with E-state index in [1.807, 2.05) is 12.1 Å². The number of Topliss-reactive ketones (excluding diaryl/α,β-unsaturated/α-hetero) is 1. The third-order valence-electron chi connectivity index (χ3n) is 5.36. The van der Waals surface area contributed by atoms with Crippen LogP contribution < -0.4 is 11.1 Å². The van der Waals surface area contributed by atoms with Crippen molar-refractivity contribution in [2.75, 3.05) is 6.54 Å². The number of carbonyl (C=O) groups excluding carboxylic acids is 2. The van der Waals surface area contributed by atoms with Crippen LogP contribution in [0.3, 0.4) is 0 Å². The van der Waals surface area contributed by atoms with Gasteiger partial charge in [0.25, 0.3) is 0 Å². The standard InChI is InChI=1S/C19H26N2O2.ClH/c20-13-19(10-1-2-11-19)21-18(23)9-8-17(22)16-7-6-14-4-3-5-15(14)12-16;/h6-7,12H,1-5,8-11,13,20H2,(H,21,23);1H. The second-order valence-electron chi connectivity index (χ2n) is 7.00. The van der Waals surface area contributed by atoms with Crippen molar-refractivity contribution in [2.24, 2.45) is 5.73 Å². The van der Waals surface area contributed by atoms with E-state index >= 15 is 0 Å². The largest absolute Gasteiger partial charge is 0.349 e. The first kappa shape index (κ1) is 18.9. The molecule has 0 unspecified atom stereocenters. The number of ketones is 1. The van der Waals surface area contributed by atoms with Gasteiger partial charge in [-0.3, -0.25) is 9.59 Å². The number of nitrogens with one attached hydrogen (secondary N) is 1. The van der Waals surface area contributed by atoms with E-state index in [9.17, 15) is 9.59 Å². The zero-order valence-corrected chi connectivity index (χ0v) is 14.9. The number of rotatable bonds is 6. The lowest BCUT2D eigenvalue weighted by molar-refractivity contribution is -0.122. The summed E-state index contributed by atoms with van der Waals surface area (Å²) in [7, 11) is 0. The summed E-state index contributed by atoms with van der Waals surface area (Å²) in [5.74, 6) is 0.00919. The van der Waals surface area contributed by atoms with Crippen LogP contribution in [0.5, 0.6) is 0 Å². The Kier molecular flexibility index (Phi) is 6.41. The predicted octanol–water partition coefficient (Wildman–Crippen LogP) is 2.95. The normalized spacial score (nSPS) is 17.9. The highest BCUT2D eigenvalue weighted by Crippen LogP contribution is 2.29. The van der Waals surface area contributed by atoms with E-state index in [-0.39, 0.29) is 42.5 Å². The van der Waals surface area contributed by atoms with E-state index in [0.29, 0.717) is 6.54 Å². The van der Waals surface area contributed by atoms with Gasteiger partial charge in [-0.15, -0.1) is 12.4 Å². The van der Waals surface area contributed by atoms with E-state index < -0.39 is 0 Å². The Morgan fingerprint density at radius 2 is 1.75 bits per heavy atom. The maximum atomic E-state index is 12.3. The second kappa shape index (κ2) is 8.13. The monoisotopic (exact) mass is 350 g/mol.